The number of rotatable bonds is 8. The molecule has 2 aliphatic rings. The fourth-order valence-electron chi connectivity index (χ4n) is 4.29. The summed E-state index contributed by atoms with van der Waals surface area (Å²) in [6.07, 6.45) is -5.50. The molecule has 1 saturated heterocycles. The molecule has 2 aromatic carbocycles. The van der Waals surface area contributed by atoms with Crippen LogP contribution in [0.15, 0.2) is 47.6 Å². The summed E-state index contributed by atoms with van der Waals surface area (Å²) in [6.45, 7) is 5.00. The molecule has 11 heteroatoms. The summed E-state index contributed by atoms with van der Waals surface area (Å²) in [7, 11) is 0. The Hall–Kier alpha value is -3.51. The molecule has 1 fully saturated rings. The number of amides is 2. The lowest BCUT2D eigenvalue weighted by atomic mass is 9.97. The lowest BCUT2D eigenvalue weighted by molar-refractivity contribution is -0.270. The van der Waals surface area contributed by atoms with Gasteiger partial charge in [-0.3, -0.25) is 9.59 Å². The largest absolute Gasteiger partial charge is 0.492 e. The minimum atomic E-state index is -1.50. The van der Waals surface area contributed by atoms with Gasteiger partial charge in [0.15, 0.2) is 5.71 Å². The molecule has 0 bridgehead atoms. The molecular weight excluding hydrogens is 482 g/mol. The van der Waals surface area contributed by atoms with E-state index in [9.17, 15) is 24.9 Å². The van der Waals surface area contributed by atoms with Crippen LogP contribution in [0.3, 0.4) is 0 Å². The Kier molecular flexibility index (Phi) is 8.08. The zero-order chi connectivity index (χ0) is 26.7. The number of hydrogen-bond acceptors (Lipinski definition) is 9. The molecule has 0 saturated carbocycles. The van der Waals surface area contributed by atoms with Crippen molar-refractivity contribution >= 4 is 23.2 Å². The maximum absolute atomic E-state index is 13.3. The van der Waals surface area contributed by atoms with Gasteiger partial charge in [0, 0.05) is 12.5 Å². The number of nitrogens with one attached hydrogen (secondary N) is 1. The van der Waals surface area contributed by atoms with E-state index in [2.05, 4.69) is 10.5 Å². The minimum Gasteiger partial charge on any atom is -0.492 e. The lowest BCUT2D eigenvalue weighted by Crippen LogP contribution is -2.64. The first-order chi connectivity index (χ1) is 17.7. The number of benzene rings is 2. The van der Waals surface area contributed by atoms with Crippen LogP contribution in [0.4, 0.5) is 5.69 Å². The third-order valence-electron chi connectivity index (χ3n) is 6.25. The molecule has 11 nitrogen and oxygen atoms in total. The van der Waals surface area contributed by atoms with Crippen LogP contribution < -0.4 is 15.0 Å². The van der Waals surface area contributed by atoms with Gasteiger partial charge in [-0.15, -0.1) is 0 Å². The Morgan fingerprint density at radius 3 is 2.49 bits per heavy atom. The monoisotopic (exact) mass is 513 g/mol. The second kappa shape index (κ2) is 11.3. The van der Waals surface area contributed by atoms with Crippen molar-refractivity contribution in [2.45, 2.75) is 51.4 Å². The van der Waals surface area contributed by atoms with Crippen LogP contribution in [0.2, 0.25) is 0 Å². The highest BCUT2D eigenvalue weighted by atomic mass is 16.8. The molecule has 2 aliphatic heterocycles. The van der Waals surface area contributed by atoms with Crippen molar-refractivity contribution in [3.63, 3.8) is 0 Å². The molecule has 2 amide bonds. The second-order valence-corrected chi connectivity index (χ2v) is 9.12. The van der Waals surface area contributed by atoms with Crippen molar-refractivity contribution in [2.75, 3.05) is 24.7 Å². The number of aryl methyl sites for hydroxylation is 2. The Balaban J connectivity index is 1.54. The van der Waals surface area contributed by atoms with Gasteiger partial charge in [0.05, 0.1) is 18.8 Å². The molecule has 37 heavy (non-hydrogen) atoms. The number of aliphatic hydroxyl groups excluding tert-OH is 3. The zero-order valence-corrected chi connectivity index (χ0v) is 20.8. The summed E-state index contributed by atoms with van der Waals surface area (Å²) in [5.74, 6) is -0.225. The van der Waals surface area contributed by atoms with Crippen molar-refractivity contribution < 1.29 is 39.2 Å². The molecule has 2 aromatic rings. The van der Waals surface area contributed by atoms with Crippen LogP contribution in [0.25, 0.3) is 0 Å². The van der Waals surface area contributed by atoms with Crippen LogP contribution in [0, 0.1) is 13.8 Å². The van der Waals surface area contributed by atoms with E-state index < -0.39 is 49.1 Å². The van der Waals surface area contributed by atoms with Gasteiger partial charge in [0.25, 0.3) is 5.91 Å². The Morgan fingerprint density at radius 2 is 1.81 bits per heavy atom. The third-order valence-corrected chi connectivity index (χ3v) is 6.25. The predicted molar refractivity (Wildman–Crippen MR) is 133 cm³/mol. The van der Waals surface area contributed by atoms with E-state index in [0.717, 1.165) is 11.1 Å². The van der Waals surface area contributed by atoms with Gasteiger partial charge < -0.3 is 39.8 Å². The number of aliphatic hydroxyl groups is 3. The summed E-state index contributed by atoms with van der Waals surface area (Å²) in [6, 6.07) is 11.9. The van der Waals surface area contributed by atoms with Gasteiger partial charge in [-0.25, -0.2) is 0 Å². The summed E-state index contributed by atoms with van der Waals surface area (Å²) in [4.78, 5) is 32.1. The fraction of sp³-hybridized carbons (Fsp3) is 0.423. The van der Waals surface area contributed by atoms with Gasteiger partial charge in [0.1, 0.15) is 36.7 Å². The smallest absolute Gasteiger partial charge is 0.281 e. The first-order valence-electron chi connectivity index (χ1n) is 12.0. The van der Waals surface area contributed by atoms with E-state index in [1.165, 1.54) is 11.8 Å². The lowest BCUT2D eigenvalue weighted by Gasteiger charge is -2.40. The van der Waals surface area contributed by atoms with Crippen LogP contribution in [0.5, 0.6) is 5.75 Å². The van der Waals surface area contributed by atoms with Crippen molar-refractivity contribution in [3.8, 4) is 5.75 Å². The minimum absolute atomic E-state index is 0.0142. The topological polar surface area (TPSA) is 150 Å². The van der Waals surface area contributed by atoms with Gasteiger partial charge in [0.2, 0.25) is 12.2 Å². The van der Waals surface area contributed by atoms with Crippen molar-refractivity contribution in [1.29, 1.82) is 0 Å². The molecule has 0 spiro atoms. The zero-order valence-electron chi connectivity index (χ0n) is 20.8. The fourth-order valence-corrected chi connectivity index (χ4v) is 4.29. The molecular formula is C26H31N3O8. The number of carbonyl (C=O) groups is 2. The van der Waals surface area contributed by atoms with Crippen LogP contribution in [-0.4, -0.2) is 83.2 Å². The van der Waals surface area contributed by atoms with Crippen molar-refractivity contribution in [2.24, 2.45) is 5.16 Å². The highest BCUT2D eigenvalue weighted by Crippen LogP contribution is 2.31. The quantitative estimate of drug-likeness (QED) is 0.371. The molecule has 2 heterocycles. The SMILES string of the molecule is CC(=O)N[C@@H]1[C@H](O/N=C2\C(=O)N(CCOc3ccc(C)cc3)c3ccc(C)cc32)O[C@@H](CO)[C@@H](O)[C@H]1O. The summed E-state index contributed by atoms with van der Waals surface area (Å²) in [5.41, 5.74) is 3.21. The van der Waals surface area contributed by atoms with E-state index in [1.807, 2.05) is 50.2 Å². The number of hydrogen-bond donors (Lipinski definition) is 4. The number of ether oxygens (including phenoxy) is 2. The van der Waals surface area contributed by atoms with E-state index in [4.69, 9.17) is 14.3 Å². The number of oxime groups is 1. The Labute approximate surface area is 214 Å². The van der Waals surface area contributed by atoms with Crippen molar-refractivity contribution in [1.82, 2.24) is 5.32 Å². The maximum atomic E-state index is 13.3. The summed E-state index contributed by atoms with van der Waals surface area (Å²) in [5, 5.41) is 36.7. The Morgan fingerprint density at radius 1 is 1.11 bits per heavy atom. The normalized spacial score (nSPS) is 26.2. The van der Waals surface area contributed by atoms with E-state index in [-0.39, 0.29) is 18.9 Å². The average molecular weight is 514 g/mol. The molecule has 0 aromatic heterocycles. The molecule has 0 aliphatic carbocycles. The van der Waals surface area contributed by atoms with Gasteiger partial charge in [-0.2, -0.15) is 0 Å². The first-order valence-corrected chi connectivity index (χ1v) is 12.0. The highest BCUT2D eigenvalue weighted by Gasteiger charge is 2.46. The molecule has 5 atom stereocenters. The Bertz CT molecular complexity index is 1170. The molecule has 0 radical (unpaired) electrons. The van der Waals surface area contributed by atoms with Crippen molar-refractivity contribution in [3.05, 3.63) is 59.2 Å². The molecule has 198 valence electrons. The predicted octanol–water partition coefficient (Wildman–Crippen LogP) is 0.393. The second-order valence-electron chi connectivity index (χ2n) is 9.12. The van der Waals surface area contributed by atoms with Crippen LogP contribution >= 0.6 is 0 Å². The molecule has 4 rings (SSSR count). The van der Waals surface area contributed by atoms with E-state index in [1.54, 1.807) is 6.07 Å². The summed E-state index contributed by atoms with van der Waals surface area (Å²) < 4.78 is 11.3. The van der Waals surface area contributed by atoms with Gasteiger partial charge in [-0.1, -0.05) is 34.5 Å². The maximum Gasteiger partial charge on any atom is 0.281 e. The molecule has 0 unspecified atom stereocenters. The summed E-state index contributed by atoms with van der Waals surface area (Å²) >= 11 is 0. The highest BCUT2D eigenvalue weighted by molar-refractivity contribution is 6.54. The number of nitrogens with zero attached hydrogens (tertiary/aromatic N) is 2. The number of fused-ring (bicyclic) bond motifs is 1. The first kappa shape index (κ1) is 26.6. The van der Waals surface area contributed by atoms with Gasteiger partial charge in [-0.05, 0) is 38.1 Å². The van der Waals surface area contributed by atoms with Crippen LogP contribution in [0.1, 0.15) is 23.6 Å². The van der Waals surface area contributed by atoms with Gasteiger partial charge >= 0.3 is 0 Å². The van der Waals surface area contributed by atoms with Crippen LogP contribution in [-0.2, 0) is 19.2 Å². The third kappa shape index (κ3) is 5.75. The van der Waals surface area contributed by atoms with E-state index in [0.29, 0.717) is 17.0 Å². The number of carbonyl (C=O) groups excluding carboxylic acids is 2. The average Bonchev–Trinajstić information content (AvgIpc) is 3.12. The van der Waals surface area contributed by atoms with E-state index >= 15 is 0 Å². The standard InChI is InChI=1S/C26H31N3O8/c1-14-4-7-17(8-5-14)35-11-10-29-19-9-6-15(2)12-18(19)21(25(29)34)28-37-26-22(27-16(3)31)24(33)23(32)20(13-30)36-26/h4-9,12,20,22-24,26,30,32-33H,10-11,13H2,1-3H3,(H,27,31)/b28-21-/t20-,22-,23+,24-,26-/m0/s1. The number of anilines is 1. The molecule has 4 N–H and O–H groups in total.